The zero-order chi connectivity index (χ0) is 18.8. The summed E-state index contributed by atoms with van der Waals surface area (Å²) in [5.41, 5.74) is 1.30. The number of amides is 1. The van der Waals surface area contributed by atoms with Gasteiger partial charge in [0.2, 0.25) is 5.91 Å². The lowest BCUT2D eigenvalue weighted by atomic mass is 9.95. The summed E-state index contributed by atoms with van der Waals surface area (Å²) in [7, 11) is 0. The van der Waals surface area contributed by atoms with E-state index in [4.69, 9.17) is 4.98 Å². The van der Waals surface area contributed by atoms with Gasteiger partial charge in [-0.25, -0.2) is 4.98 Å². The van der Waals surface area contributed by atoms with Gasteiger partial charge in [-0.1, -0.05) is 31.0 Å². The number of hydrogen-bond acceptors (Lipinski definition) is 5. The average molecular weight is 406 g/mol. The Labute approximate surface area is 167 Å². The molecule has 4 rings (SSSR count). The Kier molecular flexibility index (Phi) is 5.88. The molecule has 0 aliphatic heterocycles. The summed E-state index contributed by atoms with van der Waals surface area (Å²) >= 11 is 3.06. The highest BCUT2D eigenvalue weighted by Crippen LogP contribution is 2.34. The highest BCUT2D eigenvalue weighted by molar-refractivity contribution is 7.99. The first kappa shape index (κ1) is 19.0. The number of nitrogens with zero attached hydrogens (tertiary/aromatic N) is 2. The summed E-state index contributed by atoms with van der Waals surface area (Å²) in [6, 6.07) is 0.319. The molecule has 0 aromatic carbocycles. The van der Waals surface area contributed by atoms with Gasteiger partial charge in [0.1, 0.15) is 4.83 Å². The third-order valence-corrected chi connectivity index (χ3v) is 7.82. The average Bonchev–Trinajstić information content (AvgIpc) is 3.06. The van der Waals surface area contributed by atoms with E-state index in [2.05, 4.69) is 5.32 Å². The first-order chi connectivity index (χ1) is 13.2. The van der Waals surface area contributed by atoms with Crippen LogP contribution in [-0.4, -0.2) is 27.3 Å². The van der Waals surface area contributed by atoms with Gasteiger partial charge in [0.25, 0.3) is 5.56 Å². The lowest BCUT2D eigenvalue weighted by Gasteiger charge is -2.22. The Morgan fingerprint density at radius 3 is 2.78 bits per heavy atom. The van der Waals surface area contributed by atoms with Crippen molar-refractivity contribution >= 4 is 39.2 Å². The molecular weight excluding hydrogens is 378 g/mol. The SMILES string of the molecule is CCn1c(SCC(=O)NC2CCCCC2)nc2sc3c(c2c1=O)CCCC3. The molecule has 1 amide bonds. The van der Waals surface area contributed by atoms with Crippen LogP contribution in [-0.2, 0) is 24.2 Å². The first-order valence-corrected chi connectivity index (χ1v) is 11.9. The van der Waals surface area contributed by atoms with Gasteiger partial charge < -0.3 is 5.32 Å². The molecule has 0 spiro atoms. The number of thioether (sulfide) groups is 1. The summed E-state index contributed by atoms with van der Waals surface area (Å²) in [5, 5.41) is 4.65. The Bertz CT molecular complexity index is 897. The van der Waals surface area contributed by atoms with E-state index in [1.807, 2.05) is 6.92 Å². The molecule has 2 aliphatic rings. The van der Waals surface area contributed by atoms with Crippen LogP contribution in [0.2, 0.25) is 0 Å². The van der Waals surface area contributed by atoms with Crippen molar-refractivity contribution in [3.8, 4) is 0 Å². The maximum atomic E-state index is 13.1. The van der Waals surface area contributed by atoms with Crippen molar-refractivity contribution in [2.45, 2.75) is 82.5 Å². The van der Waals surface area contributed by atoms with Crippen LogP contribution in [0.15, 0.2) is 9.95 Å². The summed E-state index contributed by atoms with van der Waals surface area (Å²) in [6.07, 6.45) is 10.3. The van der Waals surface area contributed by atoms with Crippen LogP contribution in [0.5, 0.6) is 0 Å². The molecule has 146 valence electrons. The van der Waals surface area contributed by atoms with Crippen LogP contribution >= 0.6 is 23.1 Å². The topological polar surface area (TPSA) is 64.0 Å². The van der Waals surface area contributed by atoms with E-state index in [1.165, 1.54) is 47.9 Å². The van der Waals surface area contributed by atoms with Crippen molar-refractivity contribution in [1.29, 1.82) is 0 Å². The van der Waals surface area contributed by atoms with Gasteiger partial charge >= 0.3 is 0 Å². The molecular formula is C20H27N3O2S2. The standard InChI is InChI=1S/C20H27N3O2S2/c1-2-23-19(25)17-14-10-6-7-11-15(14)27-18(17)22-20(23)26-12-16(24)21-13-8-4-3-5-9-13/h13H,2-12H2,1H3,(H,21,24). The molecule has 0 bridgehead atoms. The molecule has 1 N–H and O–H groups in total. The van der Waals surface area contributed by atoms with Crippen LogP contribution in [0.4, 0.5) is 0 Å². The Morgan fingerprint density at radius 1 is 1.22 bits per heavy atom. The number of carbonyl (C=O) groups is 1. The monoisotopic (exact) mass is 405 g/mol. The van der Waals surface area contributed by atoms with Gasteiger partial charge in [-0.2, -0.15) is 0 Å². The number of nitrogens with one attached hydrogen (secondary N) is 1. The molecule has 2 aromatic rings. The summed E-state index contributed by atoms with van der Waals surface area (Å²) in [5.74, 6) is 0.369. The fraction of sp³-hybridized carbons (Fsp3) is 0.650. The highest BCUT2D eigenvalue weighted by atomic mass is 32.2. The van der Waals surface area contributed by atoms with Gasteiger partial charge in [0.15, 0.2) is 5.16 Å². The van der Waals surface area contributed by atoms with E-state index in [0.29, 0.717) is 23.5 Å². The minimum absolute atomic E-state index is 0.0503. The summed E-state index contributed by atoms with van der Waals surface area (Å²) in [4.78, 5) is 32.4. The normalized spacial score (nSPS) is 17.8. The molecule has 0 unspecified atom stereocenters. The van der Waals surface area contributed by atoms with Crippen LogP contribution < -0.4 is 10.9 Å². The van der Waals surface area contributed by atoms with Gasteiger partial charge in [0.05, 0.1) is 11.1 Å². The number of rotatable bonds is 5. The van der Waals surface area contributed by atoms with E-state index < -0.39 is 0 Å². The lowest BCUT2D eigenvalue weighted by Crippen LogP contribution is -2.37. The Hall–Kier alpha value is -1.34. The first-order valence-electron chi connectivity index (χ1n) is 10.1. The Morgan fingerprint density at radius 2 is 2.00 bits per heavy atom. The number of hydrogen-bond donors (Lipinski definition) is 1. The molecule has 5 nitrogen and oxygen atoms in total. The van der Waals surface area contributed by atoms with E-state index in [9.17, 15) is 9.59 Å². The minimum Gasteiger partial charge on any atom is -0.353 e. The second-order valence-electron chi connectivity index (χ2n) is 7.53. The van der Waals surface area contributed by atoms with Crippen LogP contribution in [0.25, 0.3) is 10.2 Å². The molecule has 0 saturated heterocycles. The largest absolute Gasteiger partial charge is 0.353 e. The maximum absolute atomic E-state index is 13.1. The third kappa shape index (κ3) is 3.94. The van der Waals surface area contributed by atoms with Crippen LogP contribution in [0.3, 0.4) is 0 Å². The molecule has 0 atom stereocenters. The second kappa shape index (κ2) is 8.35. The molecule has 2 aromatic heterocycles. The molecule has 0 radical (unpaired) electrons. The quantitative estimate of drug-likeness (QED) is 0.605. The smallest absolute Gasteiger partial charge is 0.263 e. The molecule has 1 saturated carbocycles. The number of fused-ring (bicyclic) bond motifs is 3. The summed E-state index contributed by atoms with van der Waals surface area (Å²) < 4.78 is 1.74. The van der Waals surface area contributed by atoms with E-state index >= 15 is 0 Å². The number of thiophene rings is 1. The zero-order valence-corrected chi connectivity index (χ0v) is 17.5. The minimum atomic E-state index is 0.0503. The molecule has 1 fully saturated rings. The van der Waals surface area contributed by atoms with Crippen molar-refractivity contribution in [1.82, 2.24) is 14.9 Å². The number of aromatic nitrogens is 2. The fourth-order valence-electron chi connectivity index (χ4n) is 4.26. The fourth-order valence-corrected chi connectivity index (χ4v) is 6.43. The molecule has 7 heteroatoms. The van der Waals surface area contributed by atoms with Gasteiger partial charge in [-0.15, -0.1) is 11.3 Å². The lowest BCUT2D eigenvalue weighted by molar-refractivity contribution is -0.119. The number of aryl methyl sites for hydroxylation is 2. The van der Waals surface area contributed by atoms with Crippen molar-refractivity contribution < 1.29 is 4.79 Å². The van der Waals surface area contributed by atoms with Gasteiger partial charge in [-0.05, 0) is 51.0 Å². The van der Waals surface area contributed by atoms with Crippen molar-refractivity contribution in [3.05, 3.63) is 20.8 Å². The van der Waals surface area contributed by atoms with Gasteiger partial charge in [-0.3, -0.25) is 14.2 Å². The van der Waals surface area contributed by atoms with Crippen molar-refractivity contribution in [3.63, 3.8) is 0 Å². The Balaban J connectivity index is 1.54. The second-order valence-corrected chi connectivity index (χ2v) is 9.55. The number of carbonyl (C=O) groups excluding carboxylic acids is 1. The van der Waals surface area contributed by atoms with E-state index in [0.717, 1.165) is 42.3 Å². The van der Waals surface area contributed by atoms with Crippen LogP contribution in [0, 0.1) is 0 Å². The molecule has 2 heterocycles. The predicted molar refractivity (Wildman–Crippen MR) is 112 cm³/mol. The maximum Gasteiger partial charge on any atom is 0.263 e. The zero-order valence-electron chi connectivity index (χ0n) is 15.9. The predicted octanol–water partition coefficient (Wildman–Crippen LogP) is 3.90. The molecule has 27 heavy (non-hydrogen) atoms. The van der Waals surface area contributed by atoms with Crippen LogP contribution in [0.1, 0.15) is 62.3 Å². The highest BCUT2D eigenvalue weighted by Gasteiger charge is 2.22. The van der Waals surface area contributed by atoms with Crippen molar-refractivity contribution in [2.24, 2.45) is 0 Å². The summed E-state index contributed by atoms with van der Waals surface area (Å²) in [6.45, 7) is 2.55. The molecule has 2 aliphatic carbocycles. The third-order valence-electron chi connectivity index (χ3n) is 5.66. The van der Waals surface area contributed by atoms with Gasteiger partial charge in [0, 0.05) is 17.5 Å². The van der Waals surface area contributed by atoms with E-state index in [1.54, 1.807) is 15.9 Å². The van der Waals surface area contributed by atoms with E-state index in [-0.39, 0.29) is 11.5 Å². The van der Waals surface area contributed by atoms with Crippen molar-refractivity contribution in [2.75, 3.05) is 5.75 Å².